The van der Waals surface area contributed by atoms with Crippen LogP contribution in [0.2, 0.25) is 5.15 Å². The summed E-state index contributed by atoms with van der Waals surface area (Å²) in [5, 5.41) is -0.286. The maximum absolute atomic E-state index is 13.2. The molecule has 0 fully saturated rings. The van der Waals surface area contributed by atoms with Gasteiger partial charge in [0.1, 0.15) is 11.0 Å². The van der Waals surface area contributed by atoms with Gasteiger partial charge in [0.05, 0.1) is 24.3 Å². The fourth-order valence-corrected chi connectivity index (χ4v) is 1.45. The first-order chi connectivity index (χ1) is 7.95. The normalized spacial score (nSPS) is 10.7. The number of carbonyl (C=O) groups is 1. The van der Waals surface area contributed by atoms with E-state index in [1.807, 2.05) is 0 Å². The predicted octanol–water partition coefficient (Wildman–Crippen LogP) is 2.92. The van der Waals surface area contributed by atoms with Crippen LogP contribution in [0.15, 0.2) is 6.07 Å². The Morgan fingerprint density at radius 1 is 1.59 bits per heavy atom. The highest BCUT2D eigenvalue weighted by molar-refractivity contribution is 6.29. The van der Waals surface area contributed by atoms with E-state index in [9.17, 15) is 18.0 Å². The van der Waals surface area contributed by atoms with Crippen LogP contribution in [0.25, 0.3) is 0 Å². The summed E-state index contributed by atoms with van der Waals surface area (Å²) in [6, 6.07) is 0.678. The Bertz CT molecular complexity index is 426. The standard InChI is InChI=1S/C10H9ClF3NO2/c1-2-17-8(16)4-6-9(10(13)14)5(12)3-7(11)15-6/h3,10H,2,4H2,1H3. The average Bonchev–Trinajstić information content (AvgIpc) is 2.15. The summed E-state index contributed by atoms with van der Waals surface area (Å²) in [6.45, 7) is 1.67. The fourth-order valence-electron chi connectivity index (χ4n) is 1.26. The summed E-state index contributed by atoms with van der Waals surface area (Å²) in [5.41, 5.74) is -1.31. The van der Waals surface area contributed by atoms with Gasteiger partial charge in [-0.2, -0.15) is 0 Å². The van der Waals surface area contributed by atoms with Gasteiger partial charge in [-0.05, 0) is 6.92 Å². The Hall–Kier alpha value is -1.30. The van der Waals surface area contributed by atoms with Gasteiger partial charge in [-0.3, -0.25) is 4.79 Å². The molecule has 1 aromatic heterocycles. The lowest BCUT2D eigenvalue weighted by Gasteiger charge is -2.09. The molecule has 0 N–H and O–H groups in total. The number of nitrogens with zero attached hydrogens (tertiary/aromatic N) is 1. The molecular weight excluding hydrogens is 259 g/mol. The van der Waals surface area contributed by atoms with E-state index in [1.165, 1.54) is 0 Å². The van der Waals surface area contributed by atoms with E-state index in [-0.39, 0.29) is 11.8 Å². The van der Waals surface area contributed by atoms with Crippen LogP contribution in [0.3, 0.4) is 0 Å². The molecule has 0 aliphatic carbocycles. The van der Waals surface area contributed by atoms with Gasteiger partial charge in [-0.25, -0.2) is 18.2 Å². The number of carbonyl (C=O) groups excluding carboxylic acids is 1. The van der Waals surface area contributed by atoms with Gasteiger partial charge in [0.2, 0.25) is 0 Å². The van der Waals surface area contributed by atoms with Crippen molar-refractivity contribution in [2.24, 2.45) is 0 Å². The molecule has 0 aliphatic heterocycles. The zero-order valence-electron chi connectivity index (χ0n) is 8.84. The Balaban J connectivity index is 3.08. The van der Waals surface area contributed by atoms with Crippen molar-refractivity contribution >= 4 is 17.6 Å². The van der Waals surface area contributed by atoms with E-state index in [0.29, 0.717) is 6.07 Å². The van der Waals surface area contributed by atoms with Crippen molar-refractivity contribution in [3.05, 3.63) is 28.3 Å². The predicted molar refractivity (Wildman–Crippen MR) is 54.5 cm³/mol. The lowest BCUT2D eigenvalue weighted by atomic mass is 10.1. The van der Waals surface area contributed by atoms with E-state index in [2.05, 4.69) is 9.72 Å². The second kappa shape index (κ2) is 5.86. The van der Waals surface area contributed by atoms with E-state index >= 15 is 0 Å². The molecule has 1 aromatic rings. The first-order valence-electron chi connectivity index (χ1n) is 4.74. The van der Waals surface area contributed by atoms with Crippen molar-refractivity contribution in [3.8, 4) is 0 Å². The largest absolute Gasteiger partial charge is 0.466 e. The van der Waals surface area contributed by atoms with E-state index in [1.54, 1.807) is 6.92 Å². The number of halogens is 4. The van der Waals surface area contributed by atoms with Crippen LogP contribution < -0.4 is 0 Å². The van der Waals surface area contributed by atoms with Gasteiger partial charge in [-0.1, -0.05) is 11.6 Å². The Morgan fingerprint density at radius 3 is 2.76 bits per heavy atom. The molecule has 0 atom stereocenters. The highest BCUT2D eigenvalue weighted by Gasteiger charge is 2.22. The number of esters is 1. The summed E-state index contributed by atoms with van der Waals surface area (Å²) < 4.78 is 43.0. The molecular formula is C10H9ClF3NO2. The molecule has 1 heterocycles. The van der Waals surface area contributed by atoms with Crippen LogP contribution >= 0.6 is 11.6 Å². The molecule has 0 saturated carbocycles. The molecule has 7 heteroatoms. The van der Waals surface area contributed by atoms with Crippen LogP contribution in [0.5, 0.6) is 0 Å². The van der Waals surface area contributed by atoms with Crippen molar-refractivity contribution in [1.29, 1.82) is 0 Å². The Labute approximate surface area is 101 Å². The smallest absolute Gasteiger partial charge is 0.311 e. The maximum atomic E-state index is 13.2. The number of rotatable bonds is 4. The van der Waals surface area contributed by atoms with Crippen molar-refractivity contribution in [2.45, 2.75) is 19.8 Å². The van der Waals surface area contributed by atoms with E-state index in [4.69, 9.17) is 11.6 Å². The van der Waals surface area contributed by atoms with Gasteiger partial charge in [0.15, 0.2) is 0 Å². The van der Waals surface area contributed by atoms with E-state index < -0.39 is 35.9 Å². The van der Waals surface area contributed by atoms with Crippen LogP contribution in [-0.4, -0.2) is 17.6 Å². The third-order valence-electron chi connectivity index (χ3n) is 1.89. The number of aromatic nitrogens is 1. The highest BCUT2D eigenvalue weighted by atomic mass is 35.5. The first-order valence-corrected chi connectivity index (χ1v) is 5.12. The first kappa shape index (κ1) is 13.8. The molecule has 17 heavy (non-hydrogen) atoms. The Kier molecular flexibility index (Phi) is 4.74. The molecule has 0 amide bonds. The fraction of sp³-hybridized carbons (Fsp3) is 0.400. The van der Waals surface area contributed by atoms with Gasteiger partial charge < -0.3 is 4.74 Å². The minimum absolute atomic E-state index is 0.103. The molecule has 0 radical (unpaired) electrons. The summed E-state index contributed by atoms with van der Waals surface area (Å²) in [6.07, 6.45) is -3.60. The molecule has 0 saturated heterocycles. The third kappa shape index (κ3) is 3.59. The number of alkyl halides is 2. The zero-order valence-corrected chi connectivity index (χ0v) is 9.60. The second-order valence-corrected chi connectivity index (χ2v) is 3.46. The number of pyridine rings is 1. The van der Waals surface area contributed by atoms with Gasteiger partial charge in [-0.15, -0.1) is 0 Å². The lowest BCUT2D eigenvalue weighted by molar-refractivity contribution is -0.142. The molecule has 1 rings (SSSR count). The van der Waals surface area contributed by atoms with Crippen LogP contribution in [0.4, 0.5) is 13.2 Å². The number of ether oxygens (including phenoxy) is 1. The summed E-state index contributed by atoms with van der Waals surface area (Å²) in [4.78, 5) is 14.7. The van der Waals surface area contributed by atoms with Crippen molar-refractivity contribution in [3.63, 3.8) is 0 Å². The summed E-state index contributed by atoms with van der Waals surface area (Å²) in [5.74, 6) is -1.94. The van der Waals surface area contributed by atoms with Gasteiger partial charge in [0, 0.05) is 6.07 Å². The molecule has 0 spiro atoms. The molecule has 0 aliphatic rings. The monoisotopic (exact) mass is 267 g/mol. The maximum Gasteiger partial charge on any atom is 0.311 e. The highest BCUT2D eigenvalue weighted by Crippen LogP contribution is 2.27. The van der Waals surface area contributed by atoms with Gasteiger partial charge in [0.25, 0.3) is 6.43 Å². The van der Waals surface area contributed by atoms with Crippen LogP contribution in [0, 0.1) is 5.82 Å². The summed E-state index contributed by atoms with van der Waals surface area (Å²) in [7, 11) is 0. The average molecular weight is 268 g/mol. The van der Waals surface area contributed by atoms with Crippen molar-refractivity contribution < 1.29 is 22.7 Å². The quantitative estimate of drug-likeness (QED) is 0.622. The minimum atomic E-state index is -3.07. The SMILES string of the molecule is CCOC(=O)Cc1nc(Cl)cc(F)c1C(F)F. The second-order valence-electron chi connectivity index (χ2n) is 3.07. The topological polar surface area (TPSA) is 39.2 Å². The number of hydrogen-bond donors (Lipinski definition) is 0. The van der Waals surface area contributed by atoms with Crippen LogP contribution in [0.1, 0.15) is 24.6 Å². The van der Waals surface area contributed by atoms with Gasteiger partial charge >= 0.3 is 5.97 Å². The molecule has 94 valence electrons. The summed E-state index contributed by atoms with van der Waals surface area (Å²) >= 11 is 5.44. The molecule has 0 aromatic carbocycles. The molecule has 3 nitrogen and oxygen atoms in total. The zero-order chi connectivity index (χ0) is 13.0. The van der Waals surface area contributed by atoms with E-state index in [0.717, 1.165) is 0 Å². The third-order valence-corrected chi connectivity index (χ3v) is 2.08. The Morgan fingerprint density at radius 2 is 2.24 bits per heavy atom. The van der Waals surface area contributed by atoms with Crippen molar-refractivity contribution in [2.75, 3.05) is 6.61 Å². The number of hydrogen-bond acceptors (Lipinski definition) is 3. The van der Waals surface area contributed by atoms with Crippen molar-refractivity contribution in [1.82, 2.24) is 4.98 Å². The minimum Gasteiger partial charge on any atom is -0.466 e. The lowest BCUT2D eigenvalue weighted by Crippen LogP contribution is -2.12. The van der Waals surface area contributed by atoms with Crippen LogP contribution in [-0.2, 0) is 16.0 Å². The molecule has 0 bridgehead atoms. The molecule has 0 unspecified atom stereocenters.